The second-order valence-corrected chi connectivity index (χ2v) is 28.1. The lowest BCUT2D eigenvalue weighted by Gasteiger charge is -2.42. The molecule has 4 fully saturated rings. The fourth-order valence-electron chi connectivity index (χ4n) is 14.3. The van der Waals surface area contributed by atoms with Crippen LogP contribution in [0, 0.1) is 27.7 Å². The fraction of sp³-hybridized carbons (Fsp3) is 0.429. The van der Waals surface area contributed by atoms with Gasteiger partial charge in [0.2, 0.25) is 0 Å². The monoisotopic (exact) mass is 1300 g/mol. The Bertz CT molecular complexity index is 3060. The summed E-state index contributed by atoms with van der Waals surface area (Å²) in [5.74, 6) is 0. The summed E-state index contributed by atoms with van der Waals surface area (Å²) in [4.78, 5) is 9.12. The molecule has 4 aliphatic rings. The molecular formula is C84H108N4O8. The number of aliphatic hydroxyl groups excluding tert-OH is 4. The van der Waals surface area contributed by atoms with Gasteiger partial charge in [-0.1, -0.05) is 241 Å². The van der Waals surface area contributed by atoms with Gasteiger partial charge in [-0.2, -0.15) is 0 Å². The molecule has 8 N–H and O–H groups in total. The molecule has 8 aromatic rings. The normalized spacial score (nSPS) is 20.5. The van der Waals surface area contributed by atoms with E-state index in [1.165, 1.54) is 22.3 Å². The lowest BCUT2D eigenvalue weighted by atomic mass is 9.83. The van der Waals surface area contributed by atoms with Crippen molar-refractivity contribution in [3.63, 3.8) is 0 Å². The van der Waals surface area contributed by atoms with Gasteiger partial charge in [-0.3, -0.25) is 19.6 Å². The van der Waals surface area contributed by atoms with Crippen LogP contribution in [0.2, 0.25) is 0 Å². The summed E-state index contributed by atoms with van der Waals surface area (Å²) in [6.07, 6.45) is 3.55. The Morgan fingerprint density at radius 3 is 0.531 bits per heavy atom. The molecular weight excluding hydrogens is 1190 g/mol. The molecule has 96 heavy (non-hydrogen) atoms. The third-order valence-electron chi connectivity index (χ3n) is 21.6. The van der Waals surface area contributed by atoms with Crippen molar-refractivity contribution in [2.75, 3.05) is 52.4 Å². The van der Waals surface area contributed by atoms with Crippen molar-refractivity contribution in [2.24, 2.45) is 0 Å². The SMILES string of the molecule is Cc1ccc([C@@H](O)[C@@H](C)N2CCC(O)(c3ccccc3)CC2)cc1.Cc1ccc([C@@H](O)[C@H](C)N2CCC(O)(c3ccccc3)CC2)cc1.Cc1ccc([C@H](O)[C@@H](C)N2CCC(O)(c3ccccc3)CC2)cc1.Cc1ccc([C@H](O)[C@H](C)N2CCC(O)(c3ccccc3)CC2)cc1. The van der Waals surface area contributed by atoms with E-state index in [2.05, 4.69) is 75.0 Å². The quantitative estimate of drug-likeness (QED) is 0.0461. The molecule has 4 heterocycles. The summed E-state index contributed by atoms with van der Waals surface area (Å²) in [7, 11) is 0. The third kappa shape index (κ3) is 18.9. The van der Waals surface area contributed by atoms with Crippen LogP contribution in [-0.2, 0) is 22.4 Å². The molecule has 0 aromatic heterocycles. The van der Waals surface area contributed by atoms with E-state index in [4.69, 9.17) is 0 Å². The van der Waals surface area contributed by atoms with Crippen molar-refractivity contribution in [3.05, 3.63) is 285 Å². The summed E-state index contributed by atoms with van der Waals surface area (Å²) in [5, 5.41) is 86.5. The smallest absolute Gasteiger partial charge is 0.0942 e. The molecule has 0 unspecified atom stereocenters. The minimum atomic E-state index is -0.744. The van der Waals surface area contributed by atoms with E-state index in [0.717, 1.165) is 96.9 Å². The minimum absolute atomic E-state index is 0.0352. The topological polar surface area (TPSA) is 175 Å². The molecule has 12 nitrogen and oxygen atoms in total. The summed E-state index contributed by atoms with van der Waals surface area (Å²) in [6, 6.07) is 72.1. The van der Waals surface area contributed by atoms with E-state index < -0.39 is 46.8 Å². The molecule has 512 valence electrons. The zero-order valence-electron chi connectivity index (χ0n) is 58.1. The van der Waals surface area contributed by atoms with Crippen molar-refractivity contribution in [1.82, 2.24) is 19.6 Å². The predicted octanol–water partition coefficient (Wildman–Crippen LogP) is 13.6. The second-order valence-electron chi connectivity index (χ2n) is 28.1. The zero-order valence-corrected chi connectivity index (χ0v) is 58.1. The molecule has 0 aliphatic carbocycles. The van der Waals surface area contributed by atoms with E-state index in [1.54, 1.807) is 0 Å². The number of piperidine rings is 4. The minimum Gasteiger partial charge on any atom is -0.387 e. The number of hydrogen-bond acceptors (Lipinski definition) is 12. The summed E-state index contributed by atoms with van der Waals surface area (Å²) in [5.41, 5.74) is 9.63. The fourth-order valence-corrected chi connectivity index (χ4v) is 14.3. The molecule has 8 atom stereocenters. The number of nitrogens with zero attached hydrogens (tertiary/aromatic N) is 4. The van der Waals surface area contributed by atoms with E-state index in [0.29, 0.717) is 51.4 Å². The second kappa shape index (κ2) is 33.7. The van der Waals surface area contributed by atoms with Crippen molar-refractivity contribution in [3.8, 4) is 0 Å². The lowest BCUT2D eigenvalue weighted by molar-refractivity contribution is -0.0503. The number of aliphatic hydroxyl groups is 8. The van der Waals surface area contributed by atoms with Crippen LogP contribution in [0.3, 0.4) is 0 Å². The van der Waals surface area contributed by atoms with Crippen LogP contribution in [0.25, 0.3) is 0 Å². The van der Waals surface area contributed by atoms with E-state index in [-0.39, 0.29) is 24.2 Å². The summed E-state index contributed by atoms with van der Waals surface area (Å²) >= 11 is 0. The Labute approximate surface area is 572 Å². The van der Waals surface area contributed by atoms with Crippen LogP contribution in [0.5, 0.6) is 0 Å². The number of aryl methyl sites for hydroxylation is 4. The maximum Gasteiger partial charge on any atom is 0.0942 e. The summed E-state index contributed by atoms with van der Waals surface area (Å²) < 4.78 is 0. The van der Waals surface area contributed by atoms with Crippen LogP contribution < -0.4 is 0 Å². The first-order valence-electron chi connectivity index (χ1n) is 35.0. The highest BCUT2D eigenvalue weighted by Crippen LogP contribution is 2.39. The maximum atomic E-state index is 10.9. The Morgan fingerprint density at radius 1 is 0.240 bits per heavy atom. The predicted molar refractivity (Wildman–Crippen MR) is 387 cm³/mol. The first-order chi connectivity index (χ1) is 46.0. The molecule has 0 amide bonds. The van der Waals surface area contributed by atoms with E-state index in [9.17, 15) is 40.9 Å². The molecule has 0 radical (unpaired) electrons. The standard InChI is InChI=1S/4C21H27NO2/c4*1-16-8-10-18(11-9-16)20(23)17(2)22-14-12-21(24,13-15-22)19-6-4-3-5-7-19/h4*3-11,17,20,23-24H,12-15H2,1-2H3/t2*17-,20+;2*17-,20-/m1010/s1. The molecule has 12 rings (SSSR count). The van der Waals surface area contributed by atoms with Gasteiger partial charge in [0.25, 0.3) is 0 Å². The highest BCUT2D eigenvalue weighted by Gasteiger charge is 2.41. The first kappa shape index (κ1) is 73.5. The van der Waals surface area contributed by atoms with Gasteiger partial charge in [0.1, 0.15) is 0 Å². The molecule has 0 spiro atoms. The van der Waals surface area contributed by atoms with Crippen LogP contribution in [-0.4, -0.2) is 137 Å². The zero-order chi connectivity index (χ0) is 68.6. The van der Waals surface area contributed by atoms with E-state index in [1.807, 2.05) is 218 Å². The maximum absolute atomic E-state index is 10.9. The van der Waals surface area contributed by atoms with Crippen LogP contribution in [0.15, 0.2) is 218 Å². The van der Waals surface area contributed by atoms with Crippen molar-refractivity contribution in [1.29, 1.82) is 0 Å². The van der Waals surface area contributed by atoms with Crippen molar-refractivity contribution < 1.29 is 40.9 Å². The van der Waals surface area contributed by atoms with Gasteiger partial charge in [0, 0.05) is 76.5 Å². The Balaban J connectivity index is 0.000000150. The highest BCUT2D eigenvalue weighted by atomic mass is 16.3. The van der Waals surface area contributed by atoms with Gasteiger partial charge in [0.15, 0.2) is 0 Å². The number of benzene rings is 8. The average molecular weight is 1300 g/mol. The number of rotatable bonds is 16. The van der Waals surface area contributed by atoms with Gasteiger partial charge >= 0.3 is 0 Å². The highest BCUT2D eigenvalue weighted by molar-refractivity contribution is 5.31. The Hall–Kier alpha value is -6.72. The molecule has 0 saturated carbocycles. The van der Waals surface area contributed by atoms with Crippen LogP contribution in [0.1, 0.15) is 170 Å². The molecule has 12 heteroatoms. The van der Waals surface area contributed by atoms with Crippen molar-refractivity contribution >= 4 is 0 Å². The Morgan fingerprint density at radius 2 is 0.385 bits per heavy atom. The lowest BCUT2D eigenvalue weighted by Crippen LogP contribution is -2.47. The van der Waals surface area contributed by atoms with Crippen LogP contribution >= 0.6 is 0 Å². The van der Waals surface area contributed by atoms with Gasteiger partial charge in [-0.15, -0.1) is 0 Å². The number of hydrogen-bond donors (Lipinski definition) is 8. The molecule has 8 aromatic carbocycles. The largest absolute Gasteiger partial charge is 0.387 e. The van der Waals surface area contributed by atoms with Crippen molar-refractivity contribution in [2.45, 2.75) is 178 Å². The number of likely N-dealkylation sites (tertiary alicyclic amines) is 4. The Kier molecular flexibility index (Phi) is 25.8. The van der Waals surface area contributed by atoms with Gasteiger partial charge in [-0.25, -0.2) is 0 Å². The molecule has 4 saturated heterocycles. The van der Waals surface area contributed by atoms with Gasteiger partial charge < -0.3 is 40.9 Å². The van der Waals surface area contributed by atoms with Crippen LogP contribution in [0.4, 0.5) is 0 Å². The average Bonchev–Trinajstić information content (AvgIpc) is 0.837. The third-order valence-corrected chi connectivity index (χ3v) is 21.6. The summed E-state index contributed by atoms with van der Waals surface area (Å²) in [6.45, 7) is 22.8. The van der Waals surface area contributed by atoms with Gasteiger partial charge in [-0.05, 0) is 151 Å². The first-order valence-corrected chi connectivity index (χ1v) is 35.0. The van der Waals surface area contributed by atoms with Gasteiger partial charge in [0.05, 0.1) is 46.8 Å². The molecule has 0 bridgehead atoms. The van der Waals surface area contributed by atoms with E-state index >= 15 is 0 Å². The molecule has 4 aliphatic heterocycles.